The van der Waals surface area contributed by atoms with Crippen LogP contribution in [0.1, 0.15) is 11.1 Å². The van der Waals surface area contributed by atoms with Crippen molar-refractivity contribution in [2.75, 3.05) is 10.6 Å². The van der Waals surface area contributed by atoms with Crippen molar-refractivity contribution in [2.45, 2.75) is 13.1 Å². The predicted octanol–water partition coefficient (Wildman–Crippen LogP) is 3.31. The Balaban J connectivity index is 1.75. The summed E-state index contributed by atoms with van der Waals surface area (Å²) >= 11 is 1.47. The average molecular weight is 294 g/mol. The number of benzene rings is 1. The molecule has 1 aromatic carbocycles. The first-order valence-electron chi connectivity index (χ1n) is 6.80. The van der Waals surface area contributed by atoms with E-state index in [9.17, 15) is 0 Å². The van der Waals surface area contributed by atoms with Crippen molar-refractivity contribution in [3.63, 3.8) is 0 Å². The van der Waals surface area contributed by atoms with Crippen LogP contribution in [0.5, 0.6) is 0 Å². The fourth-order valence-electron chi connectivity index (χ4n) is 2.78. The van der Waals surface area contributed by atoms with Crippen LogP contribution in [-0.4, -0.2) is 9.36 Å². The molecule has 4 rings (SSSR count). The molecule has 3 heterocycles. The van der Waals surface area contributed by atoms with Crippen LogP contribution in [-0.2, 0) is 13.1 Å². The highest BCUT2D eigenvalue weighted by Gasteiger charge is 2.24. The number of aromatic nitrogens is 2. The standard InChI is InChI=1S/C16H14N4S/c17-15-14(11-5-7-18-8-6-11)16(21-19-15)20-9-12-3-1-2-4-13(12)10-20/h1-8H,9-10H2,(H2,17,19). The largest absolute Gasteiger partial charge is 0.382 e. The highest BCUT2D eigenvalue weighted by atomic mass is 32.1. The van der Waals surface area contributed by atoms with E-state index in [1.54, 1.807) is 12.4 Å². The van der Waals surface area contributed by atoms with E-state index in [0.29, 0.717) is 5.82 Å². The zero-order valence-corrected chi connectivity index (χ0v) is 12.2. The van der Waals surface area contributed by atoms with Crippen molar-refractivity contribution >= 4 is 22.4 Å². The van der Waals surface area contributed by atoms with Gasteiger partial charge in [-0.2, -0.15) is 4.37 Å². The smallest absolute Gasteiger partial charge is 0.147 e. The second-order valence-electron chi connectivity index (χ2n) is 5.11. The Labute approximate surface area is 127 Å². The first-order valence-corrected chi connectivity index (χ1v) is 7.57. The lowest BCUT2D eigenvalue weighted by Crippen LogP contribution is -2.14. The minimum atomic E-state index is 0.595. The molecule has 104 valence electrons. The Morgan fingerprint density at radius 1 is 1.00 bits per heavy atom. The molecule has 0 spiro atoms. The van der Waals surface area contributed by atoms with Crippen molar-refractivity contribution in [3.05, 3.63) is 59.9 Å². The van der Waals surface area contributed by atoms with E-state index in [2.05, 4.69) is 38.5 Å². The molecule has 21 heavy (non-hydrogen) atoms. The Kier molecular flexibility index (Phi) is 2.86. The van der Waals surface area contributed by atoms with Gasteiger partial charge in [0.2, 0.25) is 0 Å². The molecule has 0 aliphatic carbocycles. The monoisotopic (exact) mass is 294 g/mol. The highest BCUT2D eigenvalue weighted by molar-refractivity contribution is 7.11. The van der Waals surface area contributed by atoms with Crippen LogP contribution >= 0.6 is 11.5 Å². The maximum Gasteiger partial charge on any atom is 0.147 e. The first kappa shape index (κ1) is 12.3. The molecular formula is C16H14N4S. The molecule has 4 nitrogen and oxygen atoms in total. The lowest BCUT2D eigenvalue weighted by Gasteiger charge is -2.17. The summed E-state index contributed by atoms with van der Waals surface area (Å²) in [5, 5.41) is 1.13. The number of rotatable bonds is 2. The first-order chi connectivity index (χ1) is 10.3. The van der Waals surface area contributed by atoms with Crippen molar-refractivity contribution in [3.8, 4) is 11.1 Å². The van der Waals surface area contributed by atoms with Gasteiger partial charge < -0.3 is 10.6 Å². The summed E-state index contributed by atoms with van der Waals surface area (Å²) < 4.78 is 4.36. The quantitative estimate of drug-likeness (QED) is 0.788. The molecule has 1 aliphatic rings. The summed E-state index contributed by atoms with van der Waals surface area (Å²) in [7, 11) is 0. The second-order valence-corrected chi connectivity index (χ2v) is 5.86. The van der Waals surface area contributed by atoms with E-state index < -0.39 is 0 Å². The third-order valence-corrected chi connectivity index (χ3v) is 4.72. The molecular weight excluding hydrogens is 280 g/mol. The van der Waals surface area contributed by atoms with E-state index in [4.69, 9.17) is 5.73 Å². The van der Waals surface area contributed by atoms with Crippen LogP contribution in [0, 0.1) is 0 Å². The zero-order chi connectivity index (χ0) is 14.2. The number of hydrogen-bond donors (Lipinski definition) is 1. The fraction of sp³-hybridized carbons (Fsp3) is 0.125. The molecule has 0 bridgehead atoms. The molecule has 2 N–H and O–H groups in total. The third kappa shape index (κ3) is 2.06. The van der Waals surface area contributed by atoms with Gasteiger partial charge in [-0.25, -0.2) is 0 Å². The van der Waals surface area contributed by atoms with Crippen molar-refractivity contribution in [1.29, 1.82) is 0 Å². The molecule has 0 amide bonds. The molecule has 0 saturated carbocycles. The van der Waals surface area contributed by atoms with Gasteiger partial charge in [0.05, 0.1) is 5.56 Å². The summed E-state index contributed by atoms with van der Waals surface area (Å²) in [6.07, 6.45) is 3.57. The van der Waals surface area contributed by atoms with Crippen LogP contribution in [0.2, 0.25) is 0 Å². The Morgan fingerprint density at radius 3 is 2.33 bits per heavy atom. The average Bonchev–Trinajstić information content (AvgIpc) is 3.11. The Bertz CT molecular complexity index is 757. The van der Waals surface area contributed by atoms with Gasteiger partial charge >= 0.3 is 0 Å². The Hall–Kier alpha value is -2.40. The SMILES string of the molecule is Nc1nsc(N2Cc3ccccc3C2)c1-c1ccncc1. The van der Waals surface area contributed by atoms with Gasteiger partial charge in [-0.05, 0) is 40.4 Å². The molecule has 5 heteroatoms. The van der Waals surface area contributed by atoms with Gasteiger partial charge in [0, 0.05) is 25.5 Å². The van der Waals surface area contributed by atoms with Gasteiger partial charge in [0.15, 0.2) is 0 Å². The third-order valence-electron chi connectivity index (χ3n) is 3.80. The van der Waals surface area contributed by atoms with Crippen molar-refractivity contribution in [1.82, 2.24) is 9.36 Å². The van der Waals surface area contributed by atoms with Crippen LogP contribution in [0.15, 0.2) is 48.8 Å². The zero-order valence-electron chi connectivity index (χ0n) is 11.4. The van der Waals surface area contributed by atoms with Crippen LogP contribution in [0.25, 0.3) is 11.1 Å². The summed E-state index contributed by atoms with van der Waals surface area (Å²) in [4.78, 5) is 6.41. The normalized spacial score (nSPS) is 13.4. The number of hydrogen-bond acceptors (Lipinski definition) is 5. The second kappa shape index (κ2) is 4.86. The van der Waals surface area contributed by atoms with Crippen LogP contribution in [0.4, 0.5) is 10.8 Å². The molecule has 1 aliphatic heterocycles. The molecule has 3 aromatic rings. The van der Waals surface area contributed by atoms with Gasteiger partial charge in [-0.15, -0.1) is 0 Å². The van der Waals surface area contributed by atoms with Crippen LogP contribution < -0.4 is 10.6 Å². The maximum absolute atomic E-state index is 6.10. The summed E-state index contributed by atoms with van der Waals surface area (Å²) in [5.74, 6) is 0.595. The topological polar surface area (TPSA) is 55.0 Å². The summed E-state index contributed by atoms with van der Waals surface area (Å²) in [6.45, 7) is 1.83. The number of fused-ring (bicyclic) bond motifs is 1. The minimum Gasteiger partial charge on any atom is -0.382 e. The molecule has 0 unspecified atom stereocenters. The maximum atomic E-state index is 6.10. The number of nitrogen functional groups attached to an aromatic ring is 1. The molecule has 2 aromatic heterocycles. The number of nitrogens with two attached hydrogens (primary N) is 1. The van der Waals surface area contributed by atoms with Gasteiger partial charge in [-0.3, -0.25) is 4.98 Å². The summed E-state index contributed by atoms with van der Waals surface area (Å²) in [5.41, 5.74) is 11.0. The Morgan fingerprint density at radius 2 is 1.67 bits per heavy atom. The van der Waals surface area contributed by atoms with E-state index in [1.165, 1.54) is 22.7 Å². The molecule has 0 fully saturated rings. The van der Waals surface area contributed by atoms with E-state index in [-0.39, 0.29) is 0 Å². The molecule has 0 radical (unpaired) electrons. The minimum absolute atomic E-state index is 0.595. The van der Waals surface area contributed by atoms with Crippen LogP contribution in [0.3, 0.4) is 0 Å². The van der Waals surface area contributed by atoms with Crippen molar-refractivity contribution < 1.29 is 0 Å². The number of pyridine rings is 1. The van der Waals surface area contributed by atoms with E-state index in [0.717, 1.165) is 29.2 Å². The van der Waals surface area contributed by atoms with E-state index in [1.807, 2.05) is 12.1 Å². The number of anilines is 2. The van der Waals surface area contributed by atoms with E-state index >= 15 is 0 Å². The predicted molar refractivity (Wildman–Crippen MR) is 86.1 cm³/mol. The fourth-order valence-corrected chi connectivity index (χ4v) is 3.61. The molecule has 0 atom stereocenters. The summed E-state index contributed by atoms with van der Waals surface area (Å²) in [6, 6.07) is 12.5. The van der Waals surface area contributed by atoms with Gasteiger partial charge in [-0.1, -0.05) is 24.3 Å². The molecule has 0 saturated heterocycles. The lowest BCUT2D eigenvalue weighted by atomic mass is 10.1. The lowest BCUT2D eigenvalue weighted by molar-refractivity contribution is 0.893. The van der Waals surface area contributed by atoms with Gasteiger partial charge in [0.25, 0.3) is 0 Å². The number of nitrogens with zero attached hydrogens (tertiary/aromatic N) is 3. The van der Waals surface area contributed by atoms with Gasteiger partial charge in [0.1, 0.15) is 10.8 Å². The van der Waals surface area contributed by atoms with Crippen molar-refractivity contribution in [2.24, 2.45) is 0 Å². The highest BCUT2D eigenvalue weighted by Crippen LogP contribution is 2.42.